The third-order valence-electron chi connectivity index (χ3n) is 3.11. The van der Waals surface area contributed by atoms with E-state index >= 15 is 0 Å². The predicted octanol–water partition coefficient (Wildman–Crippen LogP) is 4.71. The van der Waals surface area contributed by atoms with Crippen LogP contribution in [-0.4, -0.2) is 0 Å². The zero-order valence-electron chi connectivity index (χ0n) is 10.7. The Morgan fingerprint density at radius 3 is 2.33 bits per heavy atom. The number of allylic oxidation sites excluding steroid dienone is 1. The molecule has 0 N–H and O–H groups in total. The van der Waals surface area contributed by atoms with Gasteiger partial charge in [0.05, 0.1) is 0 Å². The van der Waals surface area contributed by atoms with E-state index in [0.29, 0.717) is 0 Å². The Hall–Kier alpha value is -1.82. The van der Waals surface area contributed by atoms with Gasteiger partial charge in [-0.05, 0) is 42.9 Å². The van der Waals surface area contributed by atoms with Gasteiger partial charge in [0.2, 0.25) is 0 Å². The van der Waals surface area contributed by atoms with Crippen molar-refractivity contribution in [1.82, 2.24) is 0 Å². The molecule has 0 amide bonds. The van der Waals surface area contributed by atoms with E-state index in [1.54, 1.807) is 0 Å². The molecule has 0 aromatic heterocycles. The number of hydrogen-bond acceptors (Lipinski definition) is 0. The summed E-state index contributed by atoms with van der Waals surface area (Å²) in [6.07, 6.45) is 7.39. The topological polar surface area (TPSA) is 0 Å². The van der Waals surface area contributed by atoms with Gasteiger partial charge in [0.15, 0.2) is 0 Å². The molecule has 0 heteroatoms. The second kappa shape index (κ2) is 6.80. The molecule has 0 aliphatic heterocycles. The zero-order chi connectivity index (χ0) is 12.6. The van der Waals surface area contributed by atoms with Gasteiger partial charge in [-0.25, -0.2) is 0 Å². The molecule has 0 heterocycles. The van der Waals surface area contributed by atoms with Crippen LogP contribution in [0, 0.1) is 6.92 Å². The molecule has 0 aliphatic rings. The van der Waals surface area contributed by atoms with E-state index in [1.165, 1.54) is 23.1 Å². The van der Waals surface area contributed by atoms with Crippen LogP contribution >= 0.6 is 0 Å². The lowest BCUT2D eigenvalue weighted by atomic mass is 9.99. The molecular formula is C18H19. The first kappa shape index (κ1) is 12.6. The van der Waals surface area contributed by atoms with Crippen LogP contribution in [0.3, 0.4) is 0 Å². The molecule has 0 fully saturated rings. The molecule has 1 radical (unpaired) electrons. The van der Waals surface area contributed by atoms with Crippen LogP contribution in [-0.2, 0) is 12.8 Å². The molecule has 2 rings (SSSR count). The third-order valence-corrected chi connectivity index (χ3v) is 3.11. The van der Waals surface area contributed by atoms with Crippen LogP contribution < -0.4 is 0 Å². The predicted molar refractivity (Wildman–Crippen MR) is 79.3 cm³/mol. The summed E-state index contributed by atoms with van der Waals surface area (Å²) in [7, 11) is 0. The summed E-state index contributed by atoms with van der Waals surface area (Å²) in [5.74, 6) is 0. The molecule has 0 atom stereocenters. The smallest absolute Gasteiger partial charge is 0.0228 e. The van der Waals surface area contributed by atoms with Crippen molar-refractivity contribution in [3.63, 3.8) is 0 Å². The van der Waals surface area contributed by atoms with Crippen molar-refractivity contribution in [2.24, 2.45) is 0 Å². The minimum absolute atomic E-state index is 1.12. The van der Waals surface area contributed by atoms with Gasteiger partial charge >= 0.3 is 0 Å². The minimum Gasteiger partial charge on any atom is -0.0836 e. The Bertz CT molecular complexity index is 494. The molecule has 0 saturated heterocycles. The van der Waals surface area contributed by atoms with Gasteiger partial charge < -0.3 is 0 Å². The monoisotopic (exact) mass is 235 g/mol. The summed E-state index contributed by atoms with van der Waals surface area (Å²) in [5, 5.41) is 0. The summed E-state index contributed by atoms with van der Waals surface area (Å²) < 4.78 is 0. The molecule has 2 aromatic carbocycles. The lowest BCUT2D eigenvalue weighted by Gasteiger charge is -2.06. The zero-order valence-corrected chi connectivity index (χ0v) is 10.7. The van der Waals surface area contributed by atoms with Crippen molar-refractivity contribution in [2.75, 3.05) is 0 Å². The van der Waals surface area contributed by atoms with Crippen LogP contribution in [0.5, 0.6) is 0 Å². The molecule has 0 aliphatic carbocycles. The molecule has 0 nitrogen and oxygen atoms in total. The number of benzene rings is 2. The normalized spacial score (nSPS) is 10.9. The van der Waals surface area contributed by atoms with Crippen molar-refractivity contribution < 1.29 is 0 Å². The maximum atomic E-state index is 3.77. The Morgan fingerprint density at radius 2 is 1.56 bits per heavy atom. The van der Waals surface area contributed by atoms with Crippen molar-refractivity contribution in [1.29, 1.82) is 0 Å². The van der Waals surface area contributed by atoms with Gasteiger partial charge in [-0.1, -0.05) is 66.7 Å². The highest BCUT2D eigenvalue weighted by Gasteiger charge is 1.99. The van der Waals surface area contributed by atoms with E-state index < -0.39 is 0 Å². The summed E-state index contributed by atoms with van der Waals surface area (Å²) in [6, 6.07) is 19.2. The lowest BCUT2D eigenvalue weighted by molar-refractivity contribution is 0.819. The van der Waals surface area contributed by atoms with Crippen LogP contribution in [0.15, 0.2) is 60.7 Å². The maximum Gasteiger partial charge on any atom is -0.0228 e. The molecule has 0 bridgehead atoms. The van der Waals surface area contributed by atoms with Gasteiger partial charge in [0.25, 0.3) is 0 Å². The van der Waals surface area contributed by atoms with Gasteiger partial charge in [-0.3, -0.25) is 0 Å². The molecule has 91 valence electrons. The number of rotatable bonds is 5. The van der Waals surface area contributed by atoms with E-state index in [4.69, 9.17) is 0 Å². The van der Waals surface area contributed by atoms with Gasteiger partial charge in [-0.15, -0.1) is 0 Å². The Labute approximate surface area is 110 Å². The SMILES string of the molecule is [CH2]/C=C/c1ccccc1CCCc1ccccc1. The summed E-state index contributed by atoms with van der Waals surface area (Å²) >= 11 is 0. The average Bonchev–Trinajstić information content (AvgIpc) is 2.42. The number of hydrogen-bond donors (Lipinski definition) is 0. The van der Waals surface area contributed by atoms with Crippen molar-refractivity contribution >= 4 is 6.08 Å². The van der Waals surface area contributed by atoms with Crippen LogP contribution in [0.1, 0.15) is 23.1 Å². The Kier molecular flexibility index (Phi) is 4.78. The number of aryl methyl sites for hydroxylation is 2. The summed E-state index contributed by atoms with van der Waals surface area (Å²) in [6.45, 7) is 3.77. The quantitative estimate of drug-likeness (QED) is 0.704. The summed E-state index contributed by atoms with van der Waals surface area (Å²) in [5.41, 5.74) is 4.12. The standard InChI is InChI=1S/C18H19/c1-2-9-17-13-6-7-14-18(17)15-8-12-16-10-4-3-5-11-16/h2-7,9-11,13-14H,1,8,12,15H2/b9-2+. The minimum atomic E-state index is 1.12. The van der Waals surface area contributed by atoms with Gasteiger partial charge in [0, 0.05) is 0 Å². The lowest BCUT2D eigenvalue weighted by Crippen LogP contribution is -1.92. The van der Waals surface area contributed by atoms with E-state index in [1.807, 2.05) is 6.08 Å². The Morgan fingerprint density at radius 1 is 0.833 bits per heavy atom. The molecule has 0 unspecified atom stereocenters. The molecule has 0 saturated carbocycles. The van der Waals surface area contributed by atoms with E-state index in [-0.39, 0.29) is 0 Å². The second-order valence-electron chi connectivity index (χ2n) is 4.44. The maximum absolute atomic E-state index is 3.77. The fourth-order valence-corrected chi connectivity index (χ4v) is 2.18. The van der Waals surface area contributed by atoms with E-state index in [9.17, 15) is 0 Å². The Balaban J connectivity index is 1.94. The fraction of sp³-hybridized carbons (Fsp3) is 0.167. The molecular weight excluding hydrogens is 216 g/mol. The first-order valence-corrected chi connectivity index (χ1v) is 6.48. The summed E-state index contributed by atoms with van der Waals surface area (Å²) in [4.78, 5) is 0. The first-order valence-electron chi connectivity index (χ1n) is 6.48. The average molecular weight is 235 g/mol. The van der Waals surface area contributed by atoms with Crippen molar-refractivity contribution in [2.45, 2.75) is 19.3 Å². The van der Waals surface area contributed by atoms with Crippen LogP contribution in [0.4, 0.5) is 0 Å². The van der Waals surface area contributed by atoms with Gasteiger partial charge in [0.1, 0.15) is 0 Å². The second-order valence-corrected chi connectivity index (χ2v) is 4.44. The van der Waals surface area contributed by atoms with Crippen molar-refractivity contribution in [3.8, 4) is 0 Å². The highest BCUT2D eigenvalue weighted by Crippen LogP contribution is 2.14. The van der Waals surface area contributed by atoms with Gasteiger partial charge in [-0.2, -0.15) is 0 Å². The van der Waals surface area contributed by atoms with Crippen LogP contribution in [0.25, 0.3) is 6.08 Å². The first-order chi connectivity index (χ1) is 8.90. The van der Waals surface area contributed by atoms with Crippen molar-refractivity contribution in [3.05, 3.63) is 84.3 Å². The van der Waals surface area contributed by atoms with Crippen LogP contribution in [0.2, 0.25) is 0 Å². The third kappa shape index (κ3) is 3.59. The molecule has 0 spiro atoms. The fourth-order valence-electron chi connectivity index (χ4n) is 2.18. The highest BCUT2D eigenvalue weighted by atomic mass is 14.0. The largest absolute Gasteiger partial charge is 0.0836 e. The molecule has 2 aromatic rings. The molecule has 18 heavy (non-hydrogen) atoms. The highest BCUT2D eigenvalue weighted by molar-refractivity contribution is 5.54. The van der Waals surface area contributed by atoms with E-state index in [2.05, 4.69) is 67.6 Å². The van der Waals surface area contributed by atoms with E-state index in [0.717, 1.165) is 12.8 Å².